The van der Waals surface area contributed by atoms with E-state index in [9.17, 15) is 9.59 Å². The summed E-state index contributed by atoms with van der Waals surface area (Å²) in [6, 6.07) is 9.29. The molecule has 2 rings (SSSR count). The number of rotatable bonds is 8. The van der Waals surface area contributed by atoms with Gasteiger partial charge in [-0.3, -0.25) is 9.78 Å². The minimum atomic E-state index is -0.464. The van der Waals surface area contributed by atoms with Gasteiger partial charge in [-0.05, 0) is 17.6 Å². The van der Waals surface area contributed by atoms with Crippen LogP contribution >= 0.6 is 0 Å². The van der Waals surface area contributed by atoms with Crippen LogP contribution in [-0.4, -0.2) is 35.0 Å². The maximum atomic E-state index is 12.6. The molecule has 0 unspecified atom stereocenters. The summed E-state index contributed by atoms with van der Waals surface area (Å²) in [6.45, 7) is 4.38. The number of amides is 1. The van der Waals surface area contributed by atoms with E-state index in [0.717, 1.165) is 5.56 Å². The van der Waals surface area contributed by atoms with Crippen molar-refractivity contribution in [3.8, 4) is 0 Å². The molecule has 0 spiro atoms. The highest BCUT2D eigenvalue weighted by molar-refractivity contribution is 5.86. The molecule has 2 aromatic rings. The second-order valence-corrected chi connectivity index (χ2v) is 6.25. The molecule has 27 heavy (non-hydrogen) atoms. The van der Waals surface area contributed by atoms with Crippen LogP contribution in [0.25, 0.3) is 6.08 Å². The summed E-state index contributed by atoms with van der Waals surface area (Å²) in [6.07, 6.45) is 5.82. The minimum Gasteiger partial charge on any atom is -0.466 e. The average Bonchev–Trinajstić information content (AvgIpc) is 2.69. The van der Waals surface area contributed by atoms with Gasteiger partial charge in [-0.25, -0.2) is 9.78 Å². The van der Waals surface area contributed by atoms with E-state index >= 15 is 0 Å². The van der Waals surface area contributed by atoms with Gasteiger partial charge >= 0.3 is 5.97 Å². The number of carbonyl (C=O) groups excluding carboxylic acids is 2. The van der Waals surface area contributed by atoms with Crippen LogP contribution in [0.5, 0.6) is 0 Å². The van der Waals surface area contributed by atoms with E-state index in [4.69, 9.17) is 0 Å². The fourth-order valence-corrected chi connectivity index (χ4v) is 2.31. The van der Waals surface area contributed by atoms with Gasteiger partial charge in [-0.2, -0.15) is 0 Å². The van der Waals surface area contributed by atoms with E-state index in [1.165, 1.54) is 31.7 Å². The normalized spacial score (nSPS) is 12.0. The molecule has 142 valence electrons. The highest BCUT2D eigenvalue weighted by Crippen LogP contribution is 2.11. The number of benzene rings is 1. The summed E-state index contributed by atoms with van der Waals surface area (Å²) in [5.74, 6) is -0.0282. The van der Waals surface area contributed by atoms with Crippen molar-refractivity contribution in [2.45, 2.75) is 26.4 Å². The number of hydrogen-bond acceptors (Lipinski definition) is 6. The monoisotopic (exact) mass is 368 g/mol. The Labute approximate surface area is 158 Å². The van der Waals surface area contributed by atoms with Crippen molar-refractivity contribution in [2.24, 2.45) is 5.92 Å². The molecular formula is C20H24N4O3. The fraction of sp³-hybridized carbons (Fsp3) is 0.300. The number of anilines is 1. The molecule has 7 nitrogen and oxygen atoms in total. The van der Waals surface area contributed by atoms with Crippen molar-refractivity contribution in [3.63, 3.8) is 0 Å². The zero-order chi connectivity index (χ0) is 19.6. The number of nitrogens with zero attached hydrogens (tertiary/aromatic N) is 2. The molecule has 1 amide bonds. The van der Waals surface area contributed by atoms with Crippen LogP contribution in [0.4, 0.5) is 5.82 Å². The first-order valence-corrected chi connectivity index (χ1v) is 8.66. The Balaban J connectivity index is 1.97. The van der Waals surface area contributed by atoms with Crippen molar-refractivity contribution in [3.05, 3.63) is 60.1 Å². The third-order valence-corrected chi connectivity index (χ3v) is 3.83. The van der Waals surface area contributed by atoms with Crippen molar-refractivity contribution in [2.75, 3.05) is 12.4 Å². The standard InChI is InChI=1S/C20H24N4O3/c1-14(2)19(20(26)23-11-15-7-5-4-6-8-15)24-17-13-21-16(12-22-17)9-10-18(25)27-3/h4-10,12-14,19H,11H2,1-3H3,(H,22,24)(H,23,26)/b10-9+/t19-/m1/s1. The number of carbonyl (C=O) groups is 2. The molecule has 7 heteroatoms. The van der Waals surface area contributed by atoms with Gasteiger partial charge in [-0.15, -0.1) is 0 Å². The molecule has 1 aromatic carbocycles. The Morgan fingerprint density at radius 2 is 1.89 bits per heavy atom. The van der Waals surface area contributed by atoms with Crippen LogP contribution in [0.15, 0.2) is 48.8 Å². The Hall–Kier alpha value is -3.22. The van der Waals surface area contributed by atoms with Crippen LogP contribution < -0.4 is 10.6 Å². The number of esters is 1. The lowest BCUT2D eigenvalue weighted by atomic mass is 10.0. The van der Waals surface area contributed by atoms with Gasteiger partial charge in [0.25, 0.3) is 0 Å². The van der Waals surface area contributed by atoms with Gasteiger partial charge in [0.15, 0.2) is 0 Å². The first kappa shape index (κ1) is 20.1. The van der Waals surface area contributed by atoms with Gasteiger partial charge in [0, 0.05) is 12.6 Å². The molecule has 1 aromatic heterocycles. The molecule has 0 radical (unpaired) electrons. The summed E-state index contributed by atoms with van der Waals surface area (Å²) < 4.78 is 4.53. The average molecular weight is 368 g/mol. The zero-order valence-electron chi connectivity index (χ0n) is 15.7. The van der Waals surface area contributed by atoms with E-state index in [1.807, 2.05) is 44.2 Å². The molecule has 0 aliphatic rings. The minimum absolute atomic E-state index is 0.0569. The van der Waals surface area contributed by atoms with E-state index in [-0.39, 0.29) is 11.8 Å². The summed E-state index contributed by atoms with van der Waals surface area (Å²) in [5.41, 5.74) is 1.55. The largest absolute Gasteiger partial charge is 0.466 e. The third-order valence-electron chi connectivity index (χ3n) is 3.83. The van der Waals surface area contributed by atoms with E-state index in [0.29, 0.717) is 18.1 Å². The Bertz CT molecular complexity index is 774. The predicted octanol–water partition coefficient (Wildman–Crippen LogP) is 2.42. The third kappa shape index (κ3) is 6.54. The predicted molar refractivity (Wildman–Crippen MR) is 104 cm³/mol. The second-order valence-electron chi connectivity index (χ2n) is 6.25. The zero-order valence-corrected chi connectivity index (χ0v) is 15.7. The number of methoxy groups -OCH3 is 1. The highest BCUT2D eigenvalue weighted by atomic mass is 16.5. The quantitative estimate of drug-likeness (QED) is 0.549. The maximum absolute atomic E-state index is 12.6. The molecule has 0 fully saturated rings. The molecule has 1 heterocycles. The molecule has 0 saturated heterocycles. The van der Waals surface area contributed by atoms with Gasteiger partial charge in [0.2, 0.25) is 5.91 Å². The Morgan fingerprint density at radius 3 is 2.48 bits per heavy atom. The maximum Gasteiger partial charge on any atom is 0.330 e. The Morgan fingerprint density at radius 1 is 1.15 bits per heavy atom. The number of aromatic nitrogens is 2. The van der Waals surface area contributed by atoms with Crippen molar-refractivity contribution in [1.29, 1.82) is 0 Å². The number of hydrogen-bond donors (Lipinski definition) is 2. The smallest absolute Gasteiger partial charge is 0.330 e. The van der Waals surface area contributed by atoms with Crippen LogP contribution in [0.2, 0.25) is 0 Å². The van der Waals surface area contributed by atoms with Crippen LogP contribution in [0.3, 0.4) is 0 Å². The summed E-state index contributed by atoms with van der Waals surface area (Å²) in [7, 11) is 1.31. The first-order chi connectivity index (χ1) is 13.0. The summed E-state index contributed by atoms with van der Waals surface area (Å²) >= 11 is 0. The lowest BCUT2D eigenvalue weighted by molar-refractivity contribution is -0.134. The van der Waals surface area contributed by atoms with Crippen LogP contribution in [0.1, 0.15) is 25.1 Å². The number of nitrogens with one attached hydrogen (secondary N) is 2. The second kappa shape index (κ2) is 10.1. The van der Waals surface area contributed by atoms with Gasteiger partial charge < -0.3 is 15.4 Å². The number of ether oxygens (including phenoxy) is 1. The summed E-state index contributed by atoms with van der Waals surface area (Å²) in [4.78, 5) is 32.1. The molecule has 0 saturated carbocycles. The van der Waals surface area contributed by atoms with E-state index in [1.54, 1.807) is 0 Å². The van der Waals surface area contributed by atoms with Crippen molar-refractivity contribution in [1.82, 2.24) is 15.3 Å². The first-order valence-electron chi connectivity index (χ1n) is 8.66. The summed E-state index contributed by atoms with van der Waals surface area (Å²) in [5, 5.41) is 6.06. The molecule has 0 aliphatic heterocycles. The SMILES string of the molecule is COC(=O)/C=C/c1cnc(N[C@@H](C(=O)NCc2ccccc2)C(C)C)cn1. The van der Waals surface area contributed by atoms with Gasteiger partial charge in [0.05, 0.1) is 25.2 Å². The lowest BCUT2D eigenvalue weighted by Crippen LogP contribution is -2.42. The molecule has 0 aliphatic carbocycles. The fourth-order valence-electron chi connectivity index (χ4n) is 2.31. The van der Waals surface area contributed by atoms with Crippen LogP contribution in [-0.2, 0) is 20.9 Å². The van der Waals surface area contributed by atoms with Gasteiger partial charge in [0.1, 0.15) is 11.9 Å². The van der Waals surface area contributed by atoms with E-state index in [2.05, 4.69) is 25.3 Å². The lowest BCUT2D eigenvalue weighted by Gasteiger charge is -2.22. The van der Waals surface area contributed by atoms with Crippen molar-refractivity contribution < 1.29 is 14.3 Å². The van der Waals surface area contributed by atoms with E-state index < -0.39 is 12.0 Å². The van der Waals surface area contributed by atoms with Crippen molar-refractivity contribution >= 4 is 23.8 Å². The molecule has 2 N–H and O–H groups in total. The molecule has 0 bridgehead atoms. The topological polar surface area (TPSA) is 93.2 Å². The highest BCUT2D eigenvalue weighted by Gasteiger charge is 2.22. The van der Waals surface area contributed by atoms with Gasteiger partial charge in [-0.1, -0.05) is 44.2 Å². The Kier molecular flexibility index (Phi) is 7.49. The molecular weight excluding hydrogens is 344 g/mol. The molecule has 1 atom stereocenters. The van der Waals surface area contributed by atoms with Crippen LogP contribution in [0, 0.1) is 5.92 Å².